The lowest BCUT2D eigenvalue weighted by molar-refractivity contribution is -0.143. The van der Waals surface area contributed by atoms with E-state index in [1.54, 1.807) is 36.6 Å². The summed E-state index contributed by atoms with van der Waals surface area (Å²) in [4.78, 5) is 52.4. The second-order valence-corrected chi connectivity index (χ2v) is 9.37. The SMILES string of the molecule is CC(OC(=O)C=C1SC(=S)N(CC(=O)O)C1=O)c1csc(NC(=O)Nc2ccc(Cl)cc2)n1. The summed E-state index contributed by atoms with van der Waals surface area (Å²) in [6.45, 7) is 0.988. The first-order valence-corrected chi connectivity index (χ1v) is 11.6. The van der Waals surface area contributed by atoms with E-state index in [1.165, 1.54) is 0 Å². The largest absolute Gasteiger partial charge is 0.480 e. The van der Waals surface area contributed by atoms with E-state index in [-0.39, 0.29) is 14.4 Å². The van der Waals surface area contributed by atoms with Gasteiger partial charge in [0.15, 0.2) is 5.13 Å². The van der Waals surface area contributed by atoms with Gasteiger partial charge >= 0.3 is 18.0 Å². The van der Waals surface area contributed by atoms with Crippen molar-refractivity contribution in [3.8, 4) is 0 Å². The number of thiocarbonyl (C=S) groups is 1. The first-order valence-electron chi connectivity index (χ1n) is 9.09. The van der Waals surface area contributed by atoms with Crippen molar-refractivity contribution in [3.05, 3.63) is 51.3 Å². The number of carboxylic acid groups (broad SMARTS) is 1. The normalized spacial score (nSPS) is 15.5. The number of aromatic nitrogens is 1. The first kappa shape index (κ1) is 24.6. The Bertz CT molecular complexity index is 1150. The maximum Gasteiger partial charge on any atom is 0.332 e. The molecule has 1 aromatic heterocycles. The molecular weight excluding hydrogens is 512 g/mol. The standard InChI is InChI=1S/C19H15ClN4O6S3/c1-9(30-15(27)6-13-16(28)24(7-14(25)26)19(31)33-13)12-8-32-18(22-12)23-17(29)21-11-4-2-10(20)3-5-11/h2-6,8-9H,7H2,1H3,(H,25,26)(H2,21,22,23,29). The summed E-state index contributed by atoms with van der Waals surface area (Å²) in [7, 11) is 0. The number of hydrogen-bond donors (Lipinski definition) is 3. The number of nitrogens with one attached hydrogen (secondary N) is 2. The molecule has 172 valence electrons. The summed E-state index contributed by atoms with van der Waals surface area (Å²) in [5, 5.41) is 16.5. The van der Waals surface area contributed by atoms with Crippen LogP contribution in [0.3, 0.4) is 0 Å². The van der Waals surface area contributed by atoms with Crippen LogP contribution in [0, 0.1) is 0 Å². The smallest absolute Gasteiger partial charge is 0.332 e. The van der Waals surface area contributed by atoms with Crippen molar-refractivity contribution in [1.29, 1.82) is 0 Å². The van der Waals surface area contributed by atoms with Gasteiger partial charge in [0.25, 0.3) is 5.91 Å². The van der Waals surface area contributed by atoms with Gasteiger partial charge in [0.1, 0.15) is 17.0 Å². The summed E-state index contributed by atoms with van der Waals surface area (Å²) in [6, 6.07) is 6.06. The zero-order chi connectivity index (χ0) is 24.1. The molecule has 1 aromatic carbocycles. The molecule has 33 heavy (non-hydrogen) atoms. The second-order valence-electron chi connectivity index (χ2n) is 6.40. The number of benzene rings is 1. The van der Waals surface area contributed by atoms with Gasteiger partial charge in [-0.15, -0.1) is 11.3 Å². The number of thioether (sulfide) groups is 1. The Morgan fingerprint density at radius 3 is 2.67 bits per heavy atom. The quantitative estimate of drug-likeness (QED) is 0.279. The van der Waals surface area contributed by atoms with Crippen LogP contribution in [0.15, 0.2) is 40.6 Å². The van der Waals surface area contributed by atoms with Gasteiger partial charge in [-0.05, 0) is 31.2 Å². The number of ether oxygens (including phenoxy) is 1. The zero-order valence-corrected chi connectivity index (χ0v) is 19.9. The molecule has 3 N–H and O–H groups in total. The second kappa shape index (κ2) is 10.7. The Kier molecular flexibility index (Phi) is 8.02. The molecule has 3 rings (SSSR count). The molecule has 10 nitrogen and oxygen atoms in total. The molecule has 1 unspecified atom stereocenters. The Morgan fingerprint density at radius 1 is 1.30 bits per heavy atom. The van der Waals surface area contributed by atoms with Crippen LogP contribution in [-0.4, -0.2) is 49.7 Å². The average Bonchev–Trinajstić information content (AvgIpc) is 3.29. The van der Waals surface area contributed by atoms with Crippen molar-refractivity contribution in [2.24, 2.45) is 0 Å². The number of amides is 3. The predicted octanol–water partition coefficient (Wildman–Crippen LogP) is 3.87. The minimum Gasteiger partial charge on any atom is -0.480 e. The van der Waals surface area contributed by atoms with Crippen LogP contribution in [0.4, 0.5) is 15.6 Å². The Balaban J connectivity index is 1.55. The number of thiazole rings is 1. The molecule has 0 bridgehead atoms. The number of carbonyl (C=O) groups is 4. The molecule has 1 saturated heterocycles. The highest BCUT2D eigenvalue weighted by atomic mass is 35.5. The fraction of sp³-hybridized carbons (Fsp3) is 0.158. The van der Waals surface area contributed by atoms with Gasteiger partial charge < -0.3 is 15.2 Å². The summed E-state index contributed by atoms with van der Waals surface area (Å²) in [5.41, 5.74) is 0.937. The maximum absolute atomic E-state index is 12.2. The summed E-state index contributed by atoms with van der Waals surface area (Å²) >= 11 is 12.7. The van der Waals surface area contributed by atoms with Gasteiger partial charge in [-0.1, -0.05) is 35.6 Å². The van der Waals surface area contributed by atoms with E-state index < -0.39 is 36.5 Å². The van der Waals surface area contributed by atoms with E-state index in [2.05, 4.69) is 15.6 Å². The van der Waals surface area contributed by atoms with Crippen LogP contribution in [0.25, 0.3) is 0 Å². The monoisotopic (exact) mass is 526 g/mol. The Labute approximate surface area is 206 Å². The van der Waals surface area contributed by atoms with E-state index in [9.17, 15) is 19.2 Å². The van der Waals surface area contributed by atoms with E-state index in [0.717, 1.165) is 34.1 Å². The minimum absolute atomic E-state index is 0.0297. The van der Waals surface area contributed by atoms with E-state index >= 15 is 0 Å². The third-order valence-corrected chi connectivity index (χ3v) is 6.38. The van der Waals surface area contributed by atoms with Crippen LogP contribution in [0.2, 0.25) is 5.02 Å². The van der Waals surface area contributed by atoms with Crippen molar-refractivity contribution >= 4 is 85.9 Å². The summed E-state index contributed by atoms with van der Waals surface area (Å²) in [5.74, 6) is -2.72. The number of halogens is 1. The molecule has 3 amide bonds. The first-order chi connectivity index (χ1) is 15.6. The van der Waals surface area contributed by atoms with Crippen molar-refractivity contribution in [2.75, 3.05) is 17.2 Å². The number of carboxylic acids is 1. The number of nitrogens with zero attached hydrogens (tertiary/aromatic N) is 2. The lowest BCUT2D eigenvalue weighted by Crippen LogP contribution is -2.33. The van der Waals surface area contributed by atoms with Crippen LogP contribution >= 0.6 is 46.9 Å². The number of esters is 1. The van der Waals surface area contributed by atoms with Crippen molar-refractivity contribution in [2.45, 2.75) is 13.0 Å². The molecule has 0 aliphatic carbocycles. The molecule has 1 fully saturated rings. The lowest BCUT2D eigenvalue weighted by atomic mass is 10.3. The highest BCUT2D eigenvalue weighted by Crippen LogP contribution is 2.31. The molecular formula is C19H15ClN4O6S3. The third kappa shape index (κ3) is 6.74. The van der Waals surface area contributed by atoms with Crippen LogP contribution < -0.4 is 10.6 Å². The maximum atomic E-state index is 12.2. The molecule has 0 radical (unpaired) electrons. The summed E-state index contributed by atoms with van der Waals surface area (Å²) < 4.78 is 5.31. The number of carbonyl (C=O) groups excluding carboxylic acids is 3. The highest BCUT2D eigenvalue weighted by molar-refractivity contribution is 8.26. The molecule has 0 saturated carbocycles. The van der Waals surface area contributed by atoms with Crippen molar-refractivity contribution in [1.82, 2.24) is 9.88 Å². The molecule has 0 spiro atoms. The lowest BCUT2D eigenvalue weighted by Gasteiger charge is -2.10. The topological polar surface area (TPSA) is 138 Å². The Morgan fingerprint density at radius 2 is 2.00 bits per heavy atom. The number of anilines is 2. The molecule has 14 heteroatoms. The number of urea groups is 1. The zero-order valence-electron chi connectivity index (χ0n) is 16.7. The molecule has 2 aromatic rings. The molecule has 1 aliphatic heterocycles. The molecule has 2 heterocycles. The fourth-order valence-corrected chi connectivity index (χ4v) is 4.60. The molecule has 1 atom stereocenters. The van der Waals surface area contributed by atoms with E-state index in [4.69, 9.17) is 33.7 Å². The highest BCUT2D eigenvalue weighted by Gasteiger charge is 2.34. The number of hydrogen-bond acceptors (Lipinski definition) is 9. The molecule has 1 aliphatic rings. The predicted molar refractivity (Wildman–Crippen MR) is 128 cm³/mol. The van der Waals surface area contributed by atoms with Gasteiger partial charge in [0, 0.05) is 22.2 Å². The van der Waals surface area contributed by atoms with Crippen LogP contribution in [-0.2, 0) is 19.1 Å². The Hall–Kier alpha value is -3.00. The van der Waals surface area contributed by atoms with Gasteiger partial charge in [-0.2, -0.15) is 0 Å². The third-order valence-electron chi connectivity index (χ3n) is 3.97. The van der Waals surface area contributed by atoms with Crippen molar-refractivity contribution < 1.29 is 29.0 Å². The fourth-order valence-electron chi connectivity index (χ4n) is 2.47. The van der Waals surface area contributed by atoms with Gasteiger partial charge in [0.2, 0.25) is 0 Å². The van der Waals surface area contributed by atoms with Crippen LogP contribution in [0.1, 0.15) is 18.7 Å². The summed E-state index contributed by atoms with van der Waals surface area (Å²) in [6.07, 6.45) is 0.187. The van der Waals surface area contributed by atoms with E-state index in [1.807, 2.05) is 0 Å². The van der Waals surface area contributed by atoms with E-state index in [0.29, 0.717) is 16.4 Å². The number of aliphatic carboxylic acids is 1. The van der Waals surface area contributed by atoms with Gasteiger partial charge in [0.05, 0.1) is 10.6 Å². The van der Waals surface area contributed by atoms with Crippen molar-refractivity contribution in [3.63, 3.8) is 0 Å². The van der Waals surface area contributed by atoms with Gasteiger partial charge in [-0.25, -0.2) is 14.6 Å². The minimum atomic E-state index is -1.22. The van der Waals surface area contributed by atoms with Crippen LogP contribution in [0.5, 0.6) is 0 Å². The number of rotatable bonds is 7. The average molecular weight is 527 g/mol. The van der Waals surface area contributed by atoms with Gasteiger partial charge in [-0.3, -0.25) is 19.8 Å².